The highest BCUT2D eigenvalue weighted by Gasteiger charge is 2.06. The number of benzene rings is 3. The minimum absolute atomic E-state index is 0.554. The molecule has 0 fully saturated rings. The highest BCUT2D eigenvalue weighted by atomic mass is 16.5. The summed E-state index contributed by atoms with van der Waals surface area (Å²) in [6, 6.07) is 24.9. The summed E-state index contributed by atoms with van der Waals surface area (Å²) in [5, 5.41) is 0. The lowest BCUT2D eigenvalue weighted by molar-refractivity contribution is 0.484. The first-order valence-corrected chi connectivity index (χ1v) is 6.87. The summed E-state index contributed by atoms with van der Waals surface area (Å²) in [5.74, 6) is 1.47. The van der Waals surface area contributed by atoms with Crippen molar-refractivity contribution >= 4 is 11.8 Å². The smallest absolute Gasteiger partial charge is 0.240 e. The molecule has 106 valence electrons. The highest BCUT2D eigenvalue weighted by molar-refractivity contribution is 5.70. The Hall–Kier alpha value is -3.16. The largest absolute Gasteiger partial charge is 0.457 e. The van der Waals surface area contributed by atoms with Gasteiger partial charge in [0.1, 0.15) is 11.5 Å². The van der Waals surface area contributed by atoms with Crippen LogP contribution in [0.1, 0.15) is 0 Å². The van der Waals surface area contributed by atoms with Crippen LogP contribution in [0.2, 0.25) is 0 Å². The summed E-state index contributed by atoms with van der Waals surface area (Å²) in [6.45, 7) is 0. The lowest BCUT2D eigenvalue weighted by atomic mass is 10.1. The van der Waals surface area contributed by atoms with E-state index >= 15 is 0 Å². The summed E-state index contributed by atoms with van der Waals surface area (Å²) in [6.07, 6.45) is 1.52. The van der Waals surface area contributed by atoms with Crippen molar-refractivity contribution in [1.82, 2.24) is 0 Å². The number of isocyanates is 1. The second kappa shape index (κ2) is 6.53. The normalized spacial score (nSPS) is 9.82. The molecule has 22 heavy (non-hydrogen) atoms. The number of nitrogens with zero attached hydrogens (tertiary/aromatic N) is 1. The Morgan fingerprint density at radius 1 is 0.773 bits per heavy atom. The van der Waals surface area contributed by atoms with E-state index < -0.39 is 0 Å². The molecule has 3 aromatic carbocycles. The monoisotopic (exact) mass is 287 g/mol. The van der Waals surface area contributed by atoms with Crippen LogP contribution >= 0.6 is 0 Å². The van der Waals surface area contributed by atoms with Crippen LogP contribution < -0.4 is 4.74 Å². The fourth-order valence-electron chi connectivity index (χ4n) is 2.18. The maximum atomic E-state index is 10.2. The molecule has 0 aliphatic rings. The van der Waals surface area contributed by atoms with Crippen molar-refractivity contribution in [1.29, 1.82) is 0 Å². The van der Waals surface area contributed by atoms with Gasteiger partial charge in [-0.2, -0.15) is 4.99 Å². The van der Waals surface area contributed by atoms with Gasteiger partial charge in [0.15, 0.2) is 0 Å². The van der Waals surface area contributed by atoms with Crippen molar-refractivity contribution in [2.24, 2.45) is 4.99 Å². The van der Waals surface area contributed by atoms with E-state index in [0.717, 1.165) is 16.9 Å². The molecule has 0 heterocycles. The summed E-state index contributed by atoms with van der Waals surface area (Å²) in [7, 11) is 0. The molecule has 3 rings (SSSR count). The molecule has 0 spiro atoms. The topological polar surface area (TPSA) is 38.7 Å². The van der Waals surface area contributed by atoms with Gasteiger partial charge in [-0.25, -0.2) is 4.79 Å². The average molecular weight is 287 g/mol. The van der Waals surface area contributed by atoms with Gasteiger partial charge >= 0.3 is 0 Å². The molecule has 0 aliphatic heterocycles. The lowest BCUT2D eigenvalue weighted by Crippen LogP contribution is -1.87. The van der Waals surface area contributed by atoms with Crippen LogP contribution in [0.25, 0.3) is 11.1 Å². The van der Waals surface area contributed by atoms with E-state index in [1.165, 1.54) is 6.08 Å². The number of carbonyl (C=O) groups excluding carboxylic acids is 1. The lowest BCUT2D eigenvalue weighted by Gasteiger charge is -2.11. The van der Waals surface area contributed by atoms with Gasteiger partial charge in [0.2, 0.25) is 6.08 Å². The van der Waals surface area contributed by atoms with Crippen molar-refractivity contribution in [2.75, 3.05) is 0 Å². The zero-order valence-electron chi connectivity index (χ0n) is 11.8. The summed E-state index contributed by atoms with van der Waals surface area (Å²) in [5.41, 5.74) is 2.68. The van der Waals surface area contributed by atoms with Crippen molar-refractivity contribution in [3.05, 3.63) is 78.9 Å². The molecule has 0 amide bonds. The fourth-order valence-corrected chi connectivity index (χ4v) is 2.18. The second-order valence-electron chi connectivity index (χ2n) is 4.66. The zero-order valence-corrected chi connectivity index (χ0v) is 11.8. The maximum Gasteiger partial charge on any atom is 0.240 e. The molecular formula is C19H13NO2. The fraction of sp³-hybridized carbons (Fsp3) is 0. The van der Waals surface area contributed by atoms with E-state index in [1.54, 1.807) is 24.3 Å². The molecule has 0 saturated heterocycles. The van der Waals surface area contributed by atoms with E-state index in [-0.39, 0.29) is 0 Å². The van der Waals surface area contributed by atoms with Crippen LogP contribution in [0.3, 0.4) is 0 Å². The third-order valence-electron chi connectivity index (χ3n) is 3.21. The van der Waals surface area contributed by atoms with Crippen LogP contribution in [0.15, 0.2) is 83.9 Å². The van der Waals surface area contributed by atoms with Crippen LogP contribution in [-0.2, 0) is 4.79 Å². The first-order valence-electron chi connectivity index (χ1n) is 6.87. The summed E-state index contributed by atoms with van der Waals surface area (Å²) < 4.78 is 5.96. The quantitative estimate of drug-likeness (QED) is 0.494. The van der Waals surface area contributed by atoms with Gasteiger partial charge in [-0.05, 0) is 35.9 Å². The Balaban J connectivity index is 1.91. The van der Waals surface area contributed by atoms with Gasteiger partial charge in [-0.3, -0.25) is 0 Å². The van der Waals surface area contributed by atoms with E-state index in [2.05, 4.69) is 4.99 Å². The van der Waals surface area contributed by atoms with Crippen molar-refractivity contribution in [2.45, 2.75) is 0 Å². The van der Waals surface area contributed by atoms with Gasteiger partial charge in [0, 0.05) is 5.56 Å². The van der Waals surface area contributed by atoms with Crippen molar-refractivity contribution in [3.8, 4) is 22.6 Å². The standard InChI is InChI=1S/C19H13NO2/c21-14-20-16-10-12-17(13-11-16)22-19-9-5-4-8-18(19)15-6-2-1-3-7-15/h1-13H. The number of para-hydroxylation sites is 1. The molecule has 0 aliphatic carbocycles. The first-order chi connectivity index (χ1) is 10.9. The predicted molar refractivity (Wildman–Crippen MR) is 86.2 cm³/mol. The Kier molecular flexibility index (Phi) is 4.10. The van der Waals surface area contributed by atoms with Gasteiger partial charge < -0.3 is 4.74 Å². The molecule has 0 aromatic heterocycles. The van der Waals surface area contributed by atoms with E-state index in [1.807, 2.05) is 54.6 Å². The molecule has 3 aromatic rings. The molecule has 0 atom stereocenters. The van der Waals surface area contributed by atoms with E-state index in [4.69, 9.17) is 4.74 Å². The SMILES string of the molecule is O=C=Nc1ccc(Oc2ccccc2-c2ccccc2)cc1. The minimum atomic E-state index is 0.554. The maximum absolute atomic E-state index is 10.2. The van der Waals surface area contributed by atoms with Gasteiger partial charge in [-0.1, -0.05) is 48.5 Å². The van der Waals surface area contributed by atoms with Gasteiger partial charge in [0.25, 0.3) is 0 Å². The summed E-state index contributed by atoms with van der Waals surface area (Å²) >= 11 is 0. The molecule has 0 N–H and O–H groups in total. The Labute approximate surface area is 128 Å². The van der Waals surface area contributed by atoms with Crippen molar-refractivity contribution < 1.29 is 9.53 Å². The molecular weight excluding hydrogens is 274 g/mol. The van der Waals surface area contributed by atoms with E-state index in [9.17, 15) is 4.79 Å². The van der Waals surface area contributed by atoms with E-state index in [0.29, 0.717) is 11.4 Å². The minimum Gasteiger partial charge on any atom is -0.457 e. The Morgan fingerprint density at radius 2 is 1.45 bits per heavy atom. The number of rotatable bonds is 4. The van der Waals surface area contributed by atoms with Crippen LogP contribution in [0, 0.1) is 0 Å². The number of hydrogen-bond donors (Lipinski definition) is 0. The Morgan fingerprint density at radius 3 is 2.18 bits per heavy atom. The first kappa shape index (κ1) is 13.8. The third kappa shape index (κ3) is 3.11. The second-order valence-corrected chi connectivity index (χ2v) is 4.66. The van der Waals surface area contributed by atoms with Crippen LogP contribution in [0.5, 0.6) is 11.5 Å². The summed E-state index contributed by atoms with van der Waals surface area (Å²) in [4.78, 5) is 13.8. The number of aliphatic imine (C=N–C) groups is 1. The van der Waals surface area contributed by atoms with Gasteiger partial charge in [0.05, 0.1) is 5.69 Å². The third-order valence-corrected chi connectivity index (χ3v) is 3.21. The zero-order chi connectivity index (χ0) is 15.2. The average Bonchev–Trinajstić information content (AvgIpc) is 2.58. The van der Waals surface area contributed by atoms with Crippen LogP contribution in [-0.4, -0.2) is 6.08 Å². The van der Waals surface area contributed by atoms with Gasteiger partial charge in [-0.15, -0.1) is 0 Å². The molecule has 3 heteroatoms. The molecule has 0 radical (unpaired) electrons. The molecule has 0 bridgehead atoms. The molecule has 0 unspecified atom stereocenters. The number of hydrogen-bond acceptors (Lipinski definition) is 3. The number of ether oxygens (including phenoxy) is 1. The predicted octanol–water partition coefficient (Wildman–Crippen LogP) is 5.11. The molecule has 0 saturated carbocycles. The van der Waals surface area contributed by atoms with Crippen molar-refractivity contribution in [3.63, 3.8) is 0 Å². The van der Waals surface area contributed by atoms with Crippen LogP contribution in [0.4, 0.5) is 5.69 Å². The Bertz CT molecular complexity index is 804. The highest BCUT2D eigenvalue weighted by Crippen LogP contribution is 2.33. The molecule has 3 nitrogen and oxygen atoms in total.